The highest BCUT2D eigenvalue weighted by molar-refractivity contribution is 7.89. The highest BCUT2D eigenvalue weighted by atomic mass is 32.2. The van der Waals surface area contributed by atoms with Crippen molar-refractivity contribution in [3.8, 4) is 0 Å². The maximum absolute atomic E-state index is 12.9. The van der Waals surface area contributed by atoms with Crippen molar-refractivity contribution in [2.24, 2.45) is 5.92 Å². The fraction of sp³-hybridized carbons (Fsp3) is 0.579. The summed E-state index contributed by atoms with van der Waals surface area (Å²) in [6.07, 6.45) is 3.82. The minimum atomic E-state index is -3.77. The number of nitrogens with one attached hydrogen (secondary N) is 1. The molecule has 0 radical (unpaired) electrons. The van der Waals surface area contributed by atoms with Crippen LogP contribution in [0.5, 0.6) is 0 Å². The molecule has 2 aliphatic rings. The molecule has 2 amide bonds. The van der Waals surface area contributed by atoms with Gasteiger partial charge in [0.25, 0.3) is 0 Å². The van der Waals surface area contributed by atoms with Gasteiger partial charge in [0.2, 0.25) is 21.8 Å². The molecule has 1 saturated heterocycles. The van der Waals surface area contributed by atoms with E-state index < -0.39 is 10.0 Å². The summed E-state index contributed by atoms with van der Waals surface area (Å²) in [7, 11) is -2.33. The second kappa shape index (κ2) is 7.98. The molecule has 1 fully saturated rings. The molecule has 0 unspecified atom stereocenters. The van der Waals surface area contributed by atoms with Gasteiger partial charge in [0, 0.05) is 32.2 Å². The molecule has 0 spiro atoms. The van der Waals surface area contributed by atoms with Gasteiger partial charge in [-0.15, -0.1) is 0 Å². The first-order chi connectivity index (χ1) is 12.8. The van der Waals surface area contributed by atoms with E-state index >= 15 is 0 Å². The van der Waals surface area contributed by atoms with Crippen LogP contribution < -0.4 is 5.32 Å². The van der Waals surface area contributed by atoms with Crippen LogP contribution >= 0.6 is 0 Å². The van der Waals surface area contributed by atoms with Crippen LogP contribution in [0.4, 0.5) is 5.69 Å². The van der Waals surface area contributed by atoms with Crippen LogP contribution in [0.2, 0.25) is 0 Å². The van der Waals surface area contributed by atoms with Crippen molar-refractivity contribution in [2.75, 3.05) is 32.0 Å². The van der Waals surface area contributed by atoms with E-state index in [9.17, 15) is 18.0 Å². The number of fused-ring (bicyclic) bond motifs is 1. The summed E-state index contributed by atoms with van der Waals surface area (Å²) < 4.78 is 27.0. The van der Waals surface area contributed by atoms with Gasteiger partial charge in [-0.3, -0.25) is 9.59 Å². The lowest BCUT2D eigenvalue weighted by Gasteiger charge is -2.32. The number of carbonyl (C=O) groups excluding carboxylic acids is 2. The number of anilines is 1. The number of likely N-dealkylation sites (tertiary alicyclic amines) is 1. The van der Waals surface area contributed by atoms with Gasteiger partial charge in [0.05, 0.1) is 11.4 Å². The van der Waals surface area contributed by atoms with Gasteiger partial charge in [-0.1, -0.05) is 6.92 Å². The number of benzene rings is 1. The topological polar surface area (TPSA) is 86.8 Å². The van der Waals surface area contributed by atoms with E-state index in [-0.39, 0.29) is 23.3 Å². The first kappa shape index (κ1) is 19.8. The van der Waals surface area contributed by atoms with Gasteiger partial charge in [-0.25, -0.2) is 8.42 Å². The van der Waals surface area contributed by atoms with Crippen LogP contribution in [0.15, 0.2) is 23.1 Å². The summed E-state index contributed by atoms with van der Waals surface area (Å²) in [6, 6.07) is 4.73. The van der Waals surface area contributed by atoms with E-state index in [0.717, 1.165) is 22.7 Å². The average Bonchev–Trinajstić information content (AvgIpc) is 2.81. The van der Waals surface area contributed by atoms with Crippen LogP contribution in [-0.4, -0.2) is 56.1 Å². The molecular formula is C19H27N3O4S. The van der Waals surface area contributed by atoms with Crippen LogP contribution in [0.1, 0.15) is 38.2 Å². The summed E-state index contributed by atoms with van der Waals surface area (Å²) in [4.78, 5) is 26.1. The molecule has 27 heavy (non-hydrogen) atoms. The number of aryl methyl sites for hydroxylation is 1. The van der Waals surface area contributed by atoms with E-state index in [2.05, 4.69) is 12.2 Å². The largest absolute Gasteiger partial charge is 0.341 e. The van der Waals surface area contributed by atoms with Gasteiger partial charge in [0.1, 0.15) is 0 Å². The lowest BCUT2D eigenvalue weighted by atomic mass is 10.0. The molecule has 2 aliphatic heterocycles. The highest BCUT2D eigenvalue weighted by Crippen LogP contribution is 2.26. The SMILES string of the molecule is C[C@H]1CCCN(C(=O)CN(C)S(=O)(=O)c2ccc3c(c2)CCCC(=O)N3)C1. The van der Waals surface area contributed by atoms with Crippen LogP contribution in [-0.2, 0) is 26.0 Å². The standard InChI is InChI=1S/C19H27N3O4S/c1-14-5-4-10-22(12-14)19(24)13-21(2)27(25,26)16-8-9-17-15(11-16)6-3-7-18(23)20-17/h8-9,11,14H,3-7,10,12-13H2,1-2H3,(H,20,23)/t14-/m0/s1. The van der Waals surface area contributed by atoms with Gasteiger partial charge in [-0.05, 0) is 55.4 Å². The second-order valence-electron chi connectivity index (χ2n) is 7.57. The van der Waals surface area contributed by atoms with Crippen molar-refractivity contribution in [2.45, 2.75) is 43.9 Å². The minimum absolute atomic E-state index is 0.0529. The van der Waals surface area contributed by atoms with Crippen molar-refractivity contribution in [3.63, 3.8) is 0 Å². The van der Waals surface area contributed by atoms with Crippen molar-refractivity contribution in [1.29, 1.82) is 0 Å². The normalized spacial score (nSPS) is 20.8. The number of nitrogens with zero attached hydrogens (tertiary/aromatic N) is 2. The molecule has 0 bridgehead atoms. The number of carbonyl (C=O) groups is 2. The lowest BCUT2D eigenvalue weighted by Crippen LogP contribution is -2.45. The molecule has 0 saturated carbocycles. The smallest absolute Gasteiger partial charge is 0.243 e. The molecule has 8 heteroatoms. The Labute approximate surface area is 160 Å². The van der Waals surface area contributed by atoms with E-state index in [1.165, 1.54) is 13.1 Å². The summed E-state index contributed by atoms with van der Waals surface area (Å²) in [5.74, 6) is 0.238. The Kier molecular flexibility index (Phi) is 5.86. The zero-order chi connectivity index (χ0) is 19.6. The quantitative estimate of drug-likeness (QED) is 0.846. The van der Waals surface area contributed by atoms with Gasteiger partial charge >= 0.3 is 0 Å². The Hall–Kier alpha value is -1.93. The Balaban J connectivity index is 1.74. The summed E-state index contributed by atoms with van der Waals surface area (Å²) in [5, 5.41) is 2.80. The Morgan fingerprint density at radius 3 is 2.81 bits per heavy atom. The van der Waals surface area contributed by atoms with E-state index in [1.54, 1.807) is 17.0 Å². The molecular weight excluding hydrogens is 366 g/mol. The van der Waals surface area contributed by atoms with Crippen molar-refractivity contribution < 1.29 is 18.0 Å². The number of likely N-dealkylation sites (N-methyl/N-ethyl adjacent to an activating group) is 1. The molecule has 1 aromatic carbocycles. The van der Waals surface area contributed by atoms with E-state index in [4.69, 9.17) is 0 Å². The Bertz CT molecular complexity index is 837. The van der Waals surface area contributed by atoms with Crippen molar-refractivity contribution in [1.82, 2.24) is 9.21 Å². The zero-order valence-corrected chi connectivity index (χ0v) is 16.7. The van der Waals surface area contributed by atoms with Gasteiger partial charge in [-0.2, -0.15) is 4.31 Å². The number of sulfonamides is 1. The van der Waals surface area contributed by atoms with Crippen LogP contribution in [0.3, 0.4) is 0 Å². The molecule has 2 heterocycles. The summed E-state index contributed by atoms with van der Waals surface area (Å²) in [5.41, 5.74) is 1.48. The molecule has 1 atom stereocenters. The first-order valence-corrected chi connectivity index (χ1v) is 10.9. The minimum Gasteiger partial charge on any atom is -0.341 e. The molecule has 0 aliphatic carbocycles. The molecule has 1 aromatic rings. The molecule has 0 aromatic heterocycles. The predicted octanol–water partition coefficient (Wildman–Crippen LogP) is 1.84. The fourth-order valence-corrected chi connectivity index (χ4v) is 4.85. The van der Waals surface area contributed by atoms with Crippen molar-refractivity contribution in [3.05, 3.63) is 23.8 Å². The highest BCUT2D eigenvalue weighted by Gasteiger charge is 2.28. The van der Waals surface area contributed by atoms with E-state index in [0.29, 0.717) is 44.0 Å². The number of hydrogen-bond acceptors (Lipinski definition) is 4. The third kappa shape index (κ3) is 4.50. The maximum Gasteiger partial charge on any atom is 0.243 e. The van der Waals surface area contributed by atoms with Crippen LogP contribution in [0, 0.1) is 5.92 Å². The number of hydrogen-bond donors (Lipinski definition) is 1. The lowest BCUT2D eigenvalue weighted by molar-refractivity contribution is -0.132. The fourth-order valence-electron chi connectivity index (χ4n) is 3.68. The maximum atomic E-state index is 12.9. The first-order valence-electron chi connectivity index (χ1n) is 9.44. The Morgan fingerprint density at radius 1 is 1.30 bits per heavy atom. The van der Waals surface area contributed by atoms with Gasteiger partial charge < -0.3 is 10.2 Å². The monoisotopic (exact) mass is 393 g/mol. The van der Waals surface area contributed by atoms with E-state index in [1.807, 2.05) is 0 Å². The molecule has 3 rings (SSSR count). The summed E-state index contributed by atoms with van der Waals surface area (Å²) >= 11 is 0. The Morgan fingerprint density at radius 2 is 2.07 bits per heavy atom. The molecule has 7 nitrogen and oxygen atoms in total. The average molecular weight is 394 g/mol. The summed E-state index contributed by atoms with van der Waals surface area (Å²) in [6.45, 7) is 3.32. The van der Waals surface area contributed by atoms with Crippen LogP contribution in [0.25, 0.3) is 0 Å². The third-order valence-corrected chi connectivity index (χ3v) is 7.08. The third-order valence-electron chi connectivity index (χ3n) is 5.28. The zero-order valence-electron chi connectivity index (χ0n) is 15.9. The number of rotatable bonds is 4. The predicted molar refractivity (Wildman–Crippen MR) is 103 cm³/mol. The molecule has 148 valence electrons. The number of piperidine rings is 1. The molecule has 1 N–H and O–H groups in total. The van der Waals surface area contributed by atoms with Crippen molar-refractivity contribution >= 4 is 27.5 Å². The van der Waals surface area contributed by atoms with Gasteiger partial charge in [0.15, 0.2) is 0 Å². The second-order valence-corrected chi connectivity index (χ2v) is 9.61. The number of amides is 2.